The standard InChI is InChI=1S/C19H29N5O3/c1-23(2)8-9-27-17-11-20-7-6-15(17)10-21-19(26)24-12-16(13-24)22-18(25)14-4-3-5-14/h6-7,11,14,16H,3-5,8-10,12-13H2,1-2H3,(H,21,26)(H,22,25). The number of amides is 3. The van der Waals surface area contributed by atoms with Crippen LogP contribution in [-0.4, -0.2) is 73.1 Å². The van der Waals surface area contributed by atoms with Crippen LogP contribution in [0.2, 0.25) is 0 Å². The lowest BCUT2D eigenvalue weighted by atomic mass is 9.84. The number of rotatable bonds is 8. The number of carbonyl (C=O) groups is 2. The van der Waals surface area contributed by atoms with Crippen LogP contribution in [0, 0.1) is 5.92 Å². The highest BCUT2D eigenvalue weighted by atomic mass is 16.5. The molecule has 8 heteroatoms. The van der Waals surface area contributed by atoms with Crippen molar-refractivity contribution in [3.8, 4) is 5.75 Å². The van der Waals surface area contributed by atoms with Gasteiger partial charge in [0.05, 0.1) is 12.2 Å². The molecule has 0 aromatic carbocycles. The molecule has 0 unspecified atom stereocenters. The zero-order valence-corrected chi connectivity index (χ0v) is 16.1. The quantitative estimate of drug-likeness (QED) is 0.703. The molecule has 8 nitrogen and oxygen atoms in total. The lowest BCUT2D eigenvalue weighted by molar-refractivity contribution is -0.129. The molecule has 1 aromatic rings. The zero-order chi connectivity index (χ0) is 19.2. The molecule has 0 bridgehead atoms. The highest BCUT2D eigenvalue weighted by Crippen LogP contribution is 2.26. The molecule has 2 N–H and O–H groups in total. The van der Waals surface area contributed by atoms with Crippen molar-refractivity contribution in [3.63, 3.8) is 0 Å². The van der Waals surface area contributed by atoms with E-state index in [1.807, 2.05) is 25.1 Å². The van der Waals surface area contributed by atoms with Gasteiger partial charge >= 0.3 is 6.03 Å². The number of hydrogen-bond donors (Lipinski definition) is 2. The number of aromatic nitrogens is 1. The van der Waals surface area contributed by atoms with Crippen LogP contribution < -0.4 is 15.4 Å². The predicted octanol–water partition coefficient (Wildman–Crippen LogP) is 0.832. The zero-order valence-electron chi connectivity index (χ0n) is 16.1. The number of likely N-dealkylation sites (tertiary alicyclic amines) is 1. The second-order valence-electron chi connectivity index (χ2n) is 7.53. The number of likely N-dealkylation sites (N-methyl/N-ethyl adjacent to an activating group) is 1. The average molecular weight is 375 g/mol. The SMILES string of the molecule is CN(C)CCOc1cnccc1CNC(=O)N1CC(NC(=O)C2CCC2)C1. The molecule has 3 rings (SSSR count). The van der Waals surface area contributed by atoms with Gasteiger partial charge in [-0.15, -0.1) is 0 Å². The van der Waals surface area contributed by atoms with Crippen molar-refractivity contribution in [2.75, 3.05) is 40.3 Å². The van der Waals surface area contributed by atoms with Crippen LogP contribution in [0.15, 0.2) is 18.5 Å². The maximum atomic E-state index is 12.3. The van der Waals surface area contributed by atoms with E-state index in [4.69, 9.17) is 4.74 Å². The maximum Gasteiger partial charge on any atom is 0.317 e. The number of ether oxygens (including phenoxy) is 1. The van der Waals surface area contributed by atoms with Crippen molar-refractivity contribution in [3.05, 3.63) is 24.0 Å². The van der Waals surface area contributed by atoms with E-state index in [2.05, 4.69) is 15.6 Å². The lowest BCUT2D eigenvalue weighted by Crippen LogP contribution is -2.63. The highest BCUT2D eigenvalue weighted by molar-refractivity contribution is 5.80. The van der Waals surface area contributed by atoms with Crippen LogP contribution in [0.5, 0.6) is 5.75 Å². The topological polar surface area (TPSA) is 86.8 Å². The molecule has 2 fully saturated rings. The normalized spacial score (nSPS) is 17.2. The van der Waals surface area contributed by atoms with E-state index >= 15 is 0 Å². The van der Waals surface area contributed by atoms with Gasteiger partial charge in [0, 0.05) is 43.9 Å². The van der Waals surface area contributed by atoms with Crippen LogP contribution in [0.3, 0.4) is 0 Å². The Bertz CT molecular complexity index is 657. The monoisotopic (exact) mass is 375 g/mol. The van der Waals surface area contributed by atoms with Gasteiger partial charge in [-0.3, -0.25) is 9.78 Å². The van der Waals surface area contributed by atoms with Gasteiger partial charge in [-0.25, -0.2) is 4.79 Å². The van der Waals surface area contributed by atoms with E-state index in [0.717, 1.165) is 31.4 Å². The van der Waals surface area contributed by atoms with Crippen LogP contribution in [0.4, 0.5) is 4.79 Å². The van der Waals surface area contributed by atoms with Gasteiger partial charge in [0.1, 0.15) is 12.4 Å². The van der Waals surface area contributed by atoms with Crippen molar-refractivity contribution in [1.82, 2.24) is 25.4 Å². The van der Waals surface area contributed by atoms with Crippen LogP contribution in [0.25, 0.3) is 0 Å². The summed E-state index contributed by atoms with van der Waals surface area (Å²) in [5.41, 5.74) is 0.896. The summed E-state index contributed by atoms with van der Waals surface area (Å²) in [6.45, 7) is 2.88. The lowest BCUT2D eigenvalue weighted by Gasteiger charge is -2.40. The van der Waals surface area contributed by atoms with E-state index in [1.54, 1.807) is 17.3 Å². The number of carbonyl (C=O) groups excluding carboxylic acids is 2. The van der Waals surface area contributed by atoms with Gasteiger partial charge in [-0.05, 0) is 33.0 Å². The summed E-state index contributed by atoms with van der Waals surface area (Å²) >= 11 is 0. The average Bonchev–Trinajstić information content (AvgIpc) is 2.54. The third kappa shape index (κ3) is 5.32. The summed E-state index contributed by atoms with van der Waals surface area (Å²) in [6, 6.07) is 1.80. The fourth-order valence-corrected chi connectivity index (χ4v) is 3.03. The van der Waals surface area contributed by atoms with Gasteiger partial charge in [0.2, 0.25) is 5.91 Å². The third-order valence-corrected chi connectivity index (χ3v) is 5.09. The molecule has 3 amide bonds. The van der Waals surface area contributed by atoms with Crippen molar-refractivity contribution < 1.29 is 14.3 Å². The van der Waals surface area contributed by atoms with Crippen LogP contribution in [-0.2, 0) is 11.3 Å². The first-order chi connectivity index (χ1) is 13.0. The fraction of sp³-hybridized carbons (Fsp3) is 0.632. The Morgan fingerprint density at radius 2 is 2.11 bits per heavy atom. The maximum absolute atomic E-state index is 12.3. The molecule has 2 aliphatic rings. The Hall–Kier alpha value is -2.35. The number of nitrogens with one attached hydrogen (secondary N) is 2. The molecule has 1 aliphatic carbocycles. The Morgan fingerprint density at radius 3 is 2.78 bits per heavy atom. The molecule has 0 atom stereocenters. The summed E-state index contributed by atoms with van der Waals surface area (Å²) in [5, 5.41) is 5.94. The molecule has 148 valence electrons. The molecular weight excluding hydrogens is 346 g/mol. The fourth-order valence-electron chi connectivity index (χ4n) is 3.03. The van der Waals surface area contributed by atoms with E-state index in [9.17, 15) is 9.59 Å². The molecule has 1 aromatic heterocycles. The Morgan fingerprint density at radius 1 is 1.33 bits per heavy atom. The molecule has 1 saturated heterocycles. The van der Waals surface area contributed by atoms with Gasteiger partial charge in [-0.2, -0.15) is 0 Å². The summed E-state index contributed by atoms with van der Waals surface area (Å²) in [6.07, 6.45) is 6.50. The van der Waals surface area contributed by atoms with Gasteiger partial charge in [0.25, 0.3) is 0 Å². The minimum Gasteiger partial charge on any atom is -0.490 e. The molecule has 1 saturated carbocycles. The second-order valence-corrected chi connectivity index (χ2v) is 7.53. The van der Waals surface area contributed by atoms with Gasteiger partial charge in [0.15, 0.2) is 0 Å². The minimum atomic E-state index is -0.125. The first-order valence-electron chi connectivity index (χ1n) is 9.56. The van der Waals surface area contributed by atoms with Crippen molar-refractivity contribution >= 4 is 11.9 Å². The minimum absolute atomic E-state index is 0.0784. The highest BCUT2D eigenvalue weighted by Gasteiger charge is 2.34. The Balaban J connectivity index is 1.39. The van der Waals surface area contributed by atoms with Crippen molar-refractivity contribution in [2.45, 2.75) is 31.8 Å². The van der Waals surface area contributed by atoms with Crippen molar-refractivity contribution in [2.24, 2.45) is 5.92 Å². The molecule has 2 heterocycles. The molecule has 27 heavy (non-hydrogen) atoms. The first-order valence-corrected chi connectivity index (χ1v) is 9.56. The van der Waals surface area contributed by atoms with E-state index in [1.165, 1.54) is 0 Å². The Labute approximate surface area is 160 Å². The molecule has 1 aliphatic heterocycles. The van der Waals surface area contributed by atoms with E-state index < -0.39 is 0 Å². The predicted molar refractivity (Wildman–Crippen MR) is 101 cm³/mol. The number of urea groups is 1. The number of nitrogens with zero attached hydrogens (tertiary/aromatic N) is 3. The van der Waals surface area contributed by atoms with E-state index in [0.29, 0.717) is 32.0 Å². The molecule has 0 radical (unpaired) electrons. The van der Waals surface area contributed by atoms with Crippen molar-refractivity contribution in [1.29, 1.82) is 0 Å². The second kappa shape index (κ2) is 9.03. The van der Waals surface area contributed by atoms with Crippen LogP contribution in [0.1, 0.15) is 24.8 Å². The van der Waals surface area contributed by atoms with Gasteiger partial charge < -0.3 is 25.2 Å². The Kier molecular flexibility index (Phi) is 6.49. The largest absolute Gasteiger partial charge is 0.490 e. The summed E-state index contributed by atoms with van der Waals surface area (Å²) in [5.74, 6) is 1.02. The molecule has 0 spiro atoms. The smallest absolute Gasteiger partial charge is 0.317 e. The summed E-state index contributed by atoms with van der Waals surface area (Å²) < 4.78 is 5.76. The third-order valence-electron chi connectivity index (χ3n) is 5.09. The summed E-state index contributed by atoms with van der Waals surface area (Å²) in [4.78, 5) is 32.1. The van der Waals surface area contributed by atoms with E-state index in [-0.39, 0.29) is 23.9 Å². The number of hydrogen-bond acceptors (Lipinski definition) is 5. The first kappa shape index (κ1) is 19.4. The summed E-state index contributed by atoms with van der Waals surface area (Å²) in [7, 11) is 3.98. The molecular formula is C19H29N5O3. The number of pyridine rings is 1. The van der Waals surface area contributed by atoms with Gasteiger partial charge in [-0.1, -0.05) is 6.42 Å². The van der Waals surface area contributed by atoms with Crippen LogP contribution >= 0.6 is 0 Å².